The number of thiol groups is 1. The largest absolute Gasteiger partial charge is 0.143 e. The lowest BCUT2D eigenvalue weighted by molar-refractivity contribution is 1.43. The number of rotatable bonds is 1. The minimum Gasteiger partial charge on any atom is -0.143 e. The summed E-state index contributed by atoms with van der Waals surface area (Å²) in [6, 6.07) is 16.2. The molecule has 0 atom stereocenters. The number of hydrogen-bond acceptors (Lipinski definition) is 1. The quantitative estimate of drug-likeness (QED) is 0.726. The molecule has 0 bridgehead atoms. The molecule has 0 unspecified atom stereocenters. The van der Waals surface area contributed by atoms with Gasteiger partial charge in [0.1, 0.15) is 0 Å². The molecule has 0 aliphatic rings. The molecule has 2 heteroatoms. The van der Waals surface area contributed by atoms with E-state index in [1.54, 1.807) is 0 Å². The van der Waals surface area contributed by atoms with Gasteiger partial charge in [-0.3, -0.25) is 0 Å². The van der Waals surface area contributed by atoms with Gasteiger partial charge in [-0.15, -0.1) is 12.6 Å². The fourth-order valence-electron chi connectivity index (χ4n) is 1.40. The molecule has 0 nitrogen and oxygen atoms in total. The van der Waals surface area contributed by atoms with Crippen LogP contribution in [0.15, 0.2) is 57.9 Å². The van der Waals surface area contributed by atoms with Crippen LogP contribution in [-0.2, 0) is 0 Å². The second-order valence-electron chi connectivity index (χ2n) is 3.00. The van der Waals surface area contributed by atoms with Gasteiger partial charge in [-0.05, 0) is 17.7 Å². The molecule has 14 heavy (non-hydrogen) atoms. The Morgan fingerprint density at radius 1 is 0.857 bits per heavy atom. The van der Waals surface area contributed by atoms with E-state index in [0.717, 1.165) is 14.9 Å². The van der Waals surface area contributed by atoms with Crippen LogP contribution in [0.5, 0.6) is 0 Å². The second-order valence-corrected chi connectivity index (χ2v) is 4.34. The summed E-state index contributed by atoms with van der Waals surface area (Å²) >= 11 is 7.98. The average molecular weight is 265 g/mol. The van der Waals surface area contributed by atoms with Crippen molar-refractivity contribution >= 4 is 28.6 Å². The lowest BCUT2D eigenvalue weighted by atomic mass is 10.1. The molecule has 2 aromatic carbocycles. The molecular weight excluding hydrogens is 256 g/mol. The van der Waals surface area contributed by atoms with E-state index < -0.39 is 0 Å². The van der Waals surface area contributed by atoms with E-state index in [0.29, 0.717) is 0 Å². The SMILES string of the molecule is Sc1cccc(Br)c1-c1ccccc1. The zero-order valence-electron chi connectivity index (χ0n) is 7.44. The van der Waals surface area contributed by atoms with Crippen molar-refractivity contribution in [3.05, 3.63) is 53.0 Å². The van der Waals surface area contributed by atoms with E-state index in [-0.39, 0.29) is 0 Å². The standard InChI is InChI=1S/C12H9BrS/c13-10-7-4-8-11(14)12(10)9-5-2-1-3-6-9/h1-8,14H. The Labute approximate surface area is 97.5 Å². The maximum absolute atomic E-state index is 4.45. The zero-order chi connectivity index (χ0) is 9.97. The molecule has 0 radical (unpaired) electrons. The topological polar surface area (TPSA) is 0 Å². The first-order valence-electron chi connectivity index (χ1n) is 4.32. The van der Waals surface area contributed by atoms with Gasteiger partial charge in [0, 0.05) is 14.9 Å². The number of halogens is 1. The third-order valence-electron chi connectivity index (χ3n) is 2.05. The second kappa shape index (κ2) is 4.20. The average Bonchev–Trinajstić information content (AvgIpc) is 2.19. The van der Waals surface area contributed by atoms with Crippen molar-refractivity contribution in [2.24, 2.45) is 0 Å². The Morgan fingerprint density at radius 2 is 1.57 bits per heavy atom. The fourth-order valence-corrected chi connectivity index (χ4v) is 2.49. The fraction of sp³-hybridized carbons (Fsp3) is 0. The predicted molar refractivity (Wildman–Crippen MR) is 66.8 cm³/mol. The number of hydrogen-bond donors (Lipinski definition) is 1. The first-order valence-corrected chi connectivity index (χ1v) is 5.56. The number of benzene rings is 2. The highest BCUT2D eigenvalue weighted by molar-refractivity contribution is 9.10. The summed E-state index contributed by atoms with van der Waals surface area (Å²) in [4.78, 5) is 0.991. The molecule has 2 aromatic rings. The molecule has 0 spiro atoms. The van der Waals surface area contributed by atoms with Crippen LogP contribution in [-0.4, -0.2) is 0 Å². The van der Waals surface area contributed by atoms with Crippen LogP contribution in [0.4, 0.5) is 0 Å². The first kappa shape index (κ1) is 9.81. The molecule has 0 aliphatic carbocycles. The molecule has 0 saturated carbocycles. The van der Waals surface area contributed by atoms with Crippen LogP contribution < -0.4 is 0 Å². The van der Waals surface area contributed by atoms with Gasteiger partial charge in [-0.1, -0.05) is 52.3 Å². The molecule has 0 N–H and O–H groups in total. The van der Waals surface area contributed by atoms with Crippen molar-refractivity contribution < 1.29 is 0 Å². The maximum atomic E-state index is 4.45. The van der Waals surface area contributed by atoms with Crippen molar-refractivity contribution in [2.75, 3.05) is 0 Å². The van der Waals surface area contributed by atoms with Gasteiger partial charge >= 0.3 is 0 Å². The van der Waals surface area contributed by atoms with E-state index in [1.807, 2.05) is 36.4 Å². The predicted octanol–water partition coefficient (Wildman–Crippen LogP) is 4.40. The van der Waals surface area contributed by atoms with Gasteiger partial charge in [-0.2, -0.15) is 0 Å². The van der Waals surface area contributed by atoms with E-state index in [4.69, 9.17) is 0 Å². The highest BCUT2D eigenvalue weighted by Gasteiger charge is 2.05. The Bertz CT molecular complexity index is 417. The van der Waals surface area contributed by atoms with Gasteiger partial charge in [0.15, 0.2) is 0 Å². The Hall–Kier alpha value is -0.730. The van der Waals surface area contributed by atoms with Crippen molar-refractivity contribution in [1.82, 2.24) is 0 Å². The normalized spacial score (nSPS) is 10.1. The third kappa shape index (κ3) is 1.86. The molecule has 2 rings (SSSR count). The Balaban J connectivity index is 2.63. The third-order valence-corrected chi connectivity index (χ3v) is 3.09. The van der Waals surface area contributed by atoms with Crippen LogP contribution in [0.3, 0.4) is 0 Å². The van der Waals surface area contributed by atoms with E-state index in [2.05, 4.69) is 40.7 Å². The van der Waals surface area contributed by atoms with Crippen LogP contribution in [0.1, 0.15) is 0 Å². The molecule has 0 heterocycles. The minimum atomic E-state index is 0.991. The summed E-state index contributed by atoms with van der Waals surface area (Å²) in [7, 11) is 0. The minimum absolute atomic E-state index is 0.991. The summed E-state index contributed by atoms with van der Waals surface area (Å²) in [5.74, 6) is 0. The summed E-state index contributed by atoms with van der Waals surface area (Å²) in [6.07, 6.45) is 0. The van der Waals surface area contributed by atoms with Crippen LogP contribution >= 0.6 is 28.6 Å². The molecule has 0 amide bonds. The molecule has 0 fully saturated rings. The molecular formula is C12H9BrS. The molecule has 70 valence electrons. The molecule has 0 saturated heterocycles. The first-order chi connectivity index (χ1) is 6.79. The van der Waals surface area contributed by atoms with Gasteiger partial charge in [-0.25, -0.2) is 0 Å². The summed E-state index contributed by atoms with van der Waals surface area (Å²) in [5.41, 5.74) is 2.33. The highest BCUT2D eigenvalue weighted by atomic mass is 79.9. The van der Waals surface area contributed by atoms with E-state index in [1.165, 1.54) is 5.56 Å². The van der Waals surface area contributed by atoms with Crippen molar-refractivity contribution in [2.45, 2.75) is 4.90 Å². The molecule has 0 aliphatic heterocycles. The van der Waals surface area contributed by atoms with Gasteiger partial charge in [0.25, 0.3) is 0 Å². The summed E-state index contributed by atoms with van der Waals surface area (Å²) in [6.45, 7) is 0. The summed E-state index contributed by atoms with van der Waals surface area (Å²) in [5, 5.41) is 0. The van der Waals surface area contributed by atoms with Gasteiger partial charge < -0.3 is 0 Å². The van der Waals surface area contributed by atoms with Crippen molar-refractivity contribution in [1.29, 1.82) is 0 Å². The summed E-state index contributed by atoms with van der Waals surface area (Å²) < 4.78 is 1.08. The zero-order valence-corrected chi connectivity index (χ0v) is 9.92. The van der Waals surface area contributed by atoms with Crippen molar-refractivity contribution in [3.63, 3.8) is 0 Å². The van der Waals surface area contributed by atoms with Crippen LogP contribution in [0.2, 0.25) is 0 Å². The Kier molecular flexibility index (Phi) is 2.94. The van der Waals surface area contributed by atoms with Gasteiger partial charge in [0.05, 0.1) is 0 Å². The molecule has 0 aromatic heterocycles. The van der Waals surface area contributed by atoms with Gasteiger partial charge in [0.2, 0.25) is 0 Å². The highest BCUT2D eigenvalue weighted by Crippen LogP contribution is 2.33. The lowest BCUT2D eigenvalue weighted by Gasteiger charge is -2.07. The van der Waals surface area contributed by atoms with E-state index >= 15 is 0 Å². The lowest BCUT2D eigenvalue weighted by Crippen LogP contribution is -1.81. The Morgan fingerprint density at radius 3 is 2.21 bits per heavy atom. The van der Waals surface area contributed by atoms with Crippen molar-refractivity contribution in [3.8, 4) is 11.1 Å². The van der Waals surface area contributed by atoms with Crippen LogP contribution in [0.25, 0.3) is 11.1 Å². The smallest absolute Gasteiger partial charge is 0.0264 e. The monoisotopic (exact) mass is 264 g/mol. The van der Waals surface area contributed by atoms with Crippen LogP contribution in [0, 0.1) is 0 Å². The maximum Gasteiger partial charge on any atom is 0.0264 e. The van der Waals surface area contributed by atoms with E-state index in [9.17, 15) is 0 Å².